The Balaban J connectivity index is 1.66. The van der Waals surface area contributed by atoms with Crippen molar-refractivity contribution in [3.8, 4) is 0 Å². The second-order valence-electron chi connectivity index (χ2n) is 6.93. The molecule has 1 atom stereocenters. The van der Waals surface area contributed by atoms with E-state index in [1.165, 1.54) is 12.1 Å². The zero-order valence-corrected chi connectivity index (χ0v) is 17.3. The molecule has 1 heterocycles. The number of nitrogens with one attached hydrogen (secondary N) is 1. The van der Waals surface area contributed by atoms with Crippen molar-refractivity contribution in [2.75, 3.05) is 11.9 Å². The molecule has 0 saturated heterocycles. The molecule has 1 N–H and O–H groups in total. The van der Waals surface area contributed by atoms with E-state index in [-0.39, 0.29) is 17.8 Å². The molecule has 3 aromatic rings. The number of hydrogen-bond donors (Lipinski definition) is 1. The molecule has 0 saturated carbocycles. The maximum absolute atomic E-state index is 13.2. The molecule has 0 radical (unpaired) electrons. The molecule has 3 aromatic carbocycles. The summed E-state index contributed by atoms with van der Waals surface area (Å²) in [5, 5.41) is 3.43. The summed E-state index contributed by atoms with van der Waals surface area (Å²) >= 11 is 3.47. The van der Waals surface area contributed by atoms with Gasteiger partial charge >= 0.3 is 0 Å². The Morgan fingerprint density at radius 1 is 0.966 bits per heavy atom. The first kappa shape index (κ1) is 19.4. The number of halogens is 2. The lowest BCUT2D eigenvalue weighted by Crippen LogP contribution is -2.38. The summed E-state index contributed by atoms with van der Waals surface area (Å²) in [6.07, 6.45) is 2.84. The van der Waals surface area contributed by atoms with E-state index in [9.17, 15) is 9.18 Å². The van der Waals surface area contributed by atoms with Gasteiger partial charge in [0.05, 0.1) is 0 Å². The molecule has 29 heavy (non-hydrogen) atoms. The molecule has 1 amide bonds. The normalized spacial score (nSPS) is 16.3. The van der Waals surface area contributed by atoms with Crippen LogP contribution in [0, 0.1) is 5.82 Å². The van der Waals surface area contributed by atoms with Crippen LogP contribution in [0.3, 0.4) is 0 Å². The van der Waals surface area contributed by atoms with Crippen LogP contribution < -0.4 is 5.32 Å². The van der Waals surface area contributed by atoms with Gasteiger partial charge in [0.2, 0.25) is 0 Å². The third-order valence-electron chi connectivity index (χ3n) is 4.92. The van der Waals surface area contributed by atoms with E-state index in [1.807, 2.05) is 59.5 Å². The quantitative estimate of drug-likeness (QED) is 0.531. The number of benzene rings is 3. The average molecular weight is 451 g/mol. The van der Waals surface area contributed by atoms with Crippen LogP contribution in [-0.2, 0) is 0 Å². The predicted octanol–water partition coefficient (Wildman–Crippen LogP) is 5.96. The van der Waals surface area contributed by atoms with Gasteiger partial charge in [-0.25, -0.2) is 4.39 Å². The number of anilines is 1. The summed E-state index contributed by atoms with van der Waals surface area (Å²) in [6.45, 7) is 0.592. The van der Waals surface area contributed by atoms with Crippen LogP contribution in [0.5, 0.6) is 0 Å². The Bertz CT molecular complexity index is 1020. The van der Waals surface area contributed by atoms with Crippen LogP contribution >= 0.6 is 15.9 Å². The highest BCUT2D eigenvalue weighted by molar-refractivity contribution is 9.10. The van der Waals surface area contributed by atoms with Crippen LogP contribution in [0.2, 0.25) is 0 Å². The van der Waals surface area contributed by atoms with Crippen molar-refractivity contribution in [3.05, 3.63) is 106 Å². The van der Waals surface area contributed by atoms with Gasteiger partial charge < -0.3 is 10.2 Å². The molecule has 0 bridgehead atoms. The molecule has 0 aliphatic carbocycles. The summed E-state index contributed by atoms with van der Waals surface area (Å²) in [6, 6.07) is 23.6. The minimum absolute atomic E-state index is 0.0139. The lowest BCUT2D eigenvalue weighted by atomic mass is 10.00. The highest BCUT2D eigenvalue weighted by Gasteiger charge is 2.26. The molecule has 1 aliphatic rings. The van der Waals surface area contributed by atoms with E-state index >= 15 is 0 Å². The van der Waals surface area contributed by atoms with Gasteiger partial charge in [-0.05, 0) is 66.6 Å². The highest BCUT2D eigenvalue weighted by Crippen LogP contribution is 2.29. The van der Waals surface area contributed by atoms with Gasteiger partial charge in [0, 0.05) is 34.0 Å². The second kappa shape index (κ2) is 8.62. The number of carbonyl (C=O) groups excluding carboxylic acids is 1. The molecular weight excluding hydrogens is 431 g/mol. The molecule has 146 valence electrons. The predicted molar refractivity (Wildman–Crippen MR) is 118 cm³/mol. The maximum atomic E-state index is 13.2. The smallest absolute Gasteiger partial charge is 0.258 e. The summed E-state index contributed by atoms with van der Waals surface area (Å²) in [4.78, 5) is 15.0. The van der Waals surface area contributed by atoms with Crippen molar-refractivity contribution in [2.45, 2.75) is 12.5 Å². The molecule has 1 aliphatic heterocycles. The third-order valence-corrected chi connectivity index (χ3v) is 5.44. The Kier molecular flexibility index (Phi) is 5.76. The second-order valence-corrected chi connectivity index (χ2v) is 7.84. The Morgan fingerprint density at radius 3 is 2.34 bits per heavy atom. The van der Waals surface area contributed by atoms with Crippen molar-refractivity contribution in [2.24, 2.45) is 0 Å². The highest BCUT2D eigenvalue weighted by atomic mass is 79.9. The Hall–Kier alpha value is -2.92. The number of amides is 1. The fraction of sp³-hybridized carbons (Fsp3) is 0.125. The summed E-state index contributed by atoms with van der Waals surface area (Å²) < 4.78 is 14.2. The average Bonchev–Trinajstić information content (AvgIpc) is 2.76. The van der Waals surface area contributed by atoms with E-state index in [2.05, 4.69) is 27.3 Å². The van der Waals surface area contributed by atoms with Crippen molar-refractivity contribution < 1.29 is 9.18 Å². The minimum atomic E-state index is -0.259. The molecule has 0 aromatic heterocycles. The van der Waals surface area contributed by atoms with Gasteiger partial charge in [-0.3, -0.25) is 4.79 Å². The van der Waals surface area contributed by atoms with Gasteiger partial charge in [0.15, 0.2) is 0 Å². The Labute approximate surface area is 178 Å². The number of carbonyl (C=O) groups is 1. The largest absolute Gasteiger partial charge is 0.379 e. The zero-order chi connectivity index (χ0) is 20.2. The number of nitrogens with zero attached hydrogens (tertiary/aromatic N) is 1. The van der Waals surface area contributed by atoms with Gasteiger partial charge in [-0.2, -0.15) is 0 Å². The first-order valence-corrected chi connectivity index (χ1v) is 10.3. The van der Waals surface area contributed by atoms with E-state index in [4.69, 9.17) is 0 Å². The molecule has 0 spiro atoms. The van der Waals surface area contributed by atoms with Gasteiger partial charge in [0.25, 0.3) is 5.91 Å². The van der Waals surface area contributed by atoms with Crippen LogP contribution in [0.25, 0.3) is 5.70 Å². The van der Waals surface area contributed by atoms with Crippen molar-refractivity contribution >= 4 is 33.2 Å². The summed E-state index contributed by atoms with van der Waals surface area (Å²) in [7, 11) is 0. The topological polar surface area (TPSA) is 32.3 Å². The zero-order valence-electron chi connectivity index (χ0n) is 15.7. The van der Waals surface area contributed by atoms with Crippen molar-refractivity contribution in [1.29, 1.82) is 0 Å². The molecule has 5 heteroatoms. The fourth-order valence-electron chi connectivity index (χ4n) is 3.45. The van der Waals surface area contributed by atoms with E-state index in [0.29, 0.717) is 12.1 Å². The molecule has 3 nitrogen and oxygen atoms in total. The third kappa shape index (κ3) is 4.57. The number of hydrogen-bond acceptors (Lipinski definition) is 2. The van der Waals surface area contributed by atoms with Gasteiger partial charge in [0.1, 0.15) is 5.82 Å². The fourth-order valence-corrected chi connectivity index (χ4v) is 3.71. The van der Waals surface area contributed by atoms with E-state index in [0.717, 1.165) is 27.8 Å². The molecule has 1 unspecified atom stereocenters. The SMILES string of the molecule is O=C(c1ccccc1)N1CCC(Nc2ccc(F)cc2)C=C1c1ccc(Br)cc1. The van der Waals surface area contributed by atoms with E-state index in [1.54, 1.807) is 12.1 Å². The number of rotatable bonds is 4. The van der Waals surface area contributed by atoms with Crippen molar-refractivity contribution in [1.82, 2.24) is 4.90 Å². The van der Waals surface area contributed by atoms with Crippen LogP contribution in [0.15, 0.2) is 89.4 Å². The van der Waals surface area contributed by atoms with Gasteiger partial charge in [-0.15, -0.1) is 0 Å². The standard InChI is InChI=1S/C24H20BrFN2O/c25-19-8-6-17(7-9-19)23-16-22(27-21-12-10-20(26)11-13-21)14-15-28(23)24(29)18-4-2-1-3-5-18/h1-13,16,22,27H,14-15H2. The van der Waals surface area contributed by atoms with Gasteiger partial charge in [-0.1, -0.05) is 46.3 Å². The Morgan fingerprint density at radius 2 is 1.66 bits per heavy atom. The lowest BCUT2D eigenvalue weighted by Gasteiger charge is -2.33. The van der Waals surface area contributed by atoms with Crippen LogP contribution in [0.4, 0.5) is 10.1 Å². The summed E-state index contributed by atoms with van der Waals surface area (Å²) in [5.41, 5.74) is 3.37. The van der Waals surface area contributed by atoms with Crippen LogP contribution in [-0.4, -0.2) is 23.4 Å². The minimum Gasteiger partial charge on any atom is -0.379 e. The molecular formula is C24H20BrFN2O. The van der Waals surface area contributed by atoms with E-state index < -0.39 is 0 Å². The first-order valence-electron chi connectivity index (χ1n) is 9.47. The lowest BCUT2D eigenvalue weighted by molar-refractivity contribution is 0.0829. The summed E-state index contributed by atoms with van der Waals surface area (Å²) in [5.74, 6) is -0.273. The molecule has 0 fully saturated rings. The van der Waals surface area contributed by atoms with Crippen LogP contribution in [0.1, 0.15) is 22.3 Å². The maximum Gasteiger partial charge on any atom is 0.258 e. The molecule has 4 rings (SSSR count). The monoisotopic (exact) mass is 450 g/mol. The van der Waals surface area contributed by atoms with Crippen molar-refractivity contribution in [3.63, 3.8) is 0 Å². The first-order chi connectivity index (χ1) is 14.1.